The average molecular weight is 532 g/mol. The third-order valence-corrected chi connectivity index (χ3v) is 5.18. The molecule has 0 fully saturated rings. The number of aromatic nitrogens is 1. The molecule has 6 nitrogen and oxygen atoms in total. The summed E-state index contributed by atoms with van der Waals surface area (Å²) in [6, 6.07) is 21.8. The van der Waals surface area contributed by atoms with E-state index >= 15 is 0 Å². The quantitative estimate of drug-likeness (QED) is 0.220. The molecule has 3 rings (SSSR count). The molecule has 0 radical (unpaired) electrons. The van der Waals surface area contributed by atoms with Crippen LogP contribution in [0.4, 0.5) is 13.2 Å². The first-order chi connectivity index (χ1) is 17.4. The lowest BCUT2D eigenvalue weighted by Gasteiger charge is -2.08. The number of nitrogens with zero attached hydrogens (tertiary/aromatic N) is 1. The molecule has 0 amide bonds. The second-order valence-electron chi connectivity index (χ2n) is 7.56. The minimum absolute atomic E-state index is 0.337. The zero-order valence-corrected chi connectivity index (χ0v) is 21.1. The maximum Gasteiger partial charge on any atom is 0.485 e. The fourth-order valence-electron chi connectivity index (χ4n) is 2.60. The third kappa shape index (κ3) is 10.3. The van der Waals surface area contributed by atoms with Gasteiger partial charge in [0.2, 0.25) is 0 Å². The maximum absolute atomic E-state index is 10.7. The molecule has 194 valence electrons. The van der Waals surface area contributed by atoms with Crippen molar-refractivity contribution in [2.75, 3.05) is 13.2 Å². The highest BCUT2D eigenvalue weighted by Gasteiger charge is 2.36. The first-order valence-electron chi connectivity index (χ1n) is 10.7. The van der Waals surface area contributed by atoms with Gasteiger partial charge >= 0.3 is 5.51 Å². The Bertz CT molecular complexity index is 1330. The van der Waals surface area contributed by atoms with Crippen molar-refractivity contribution in [1.29, 1.82) is 0 Å². The monoisotopic (exact) mass is 531 g/mol. The topological polar surface area (TPSA) is 79.5 Å². The van der Waals surface area contributed by atoms with Crippen molar-refractivity contribution in [3.63, 3.8) is 0 Å². The van der Waals surface area contributed by atoms with Gasteiger partial charge < -0.3 is 14.0 Å². The van der Waals surface area contributed by atoms with Crippen LogP contribution in [0, 0.1) is 37.5 Å². The Kier molecular flexibility index (Phi) is 10.6. The fraction of sp³-hybridized carbons (Fsp3) is 0.222. The summed E-state index contributed by atoms with van der Waals surface area (Å²) in [5, 5.41) is 0. The van der Waals surface area contributed by atoms with Crippen molar-refractivity contribution in [3.8, 4) is 35.2 Å². The fourth-order valence-corrected chi connectivity index (χ4v) is 2.60. The summed E-state index contributed by atoms with van der Waals surface area (Å²) in [5.41, 5.74) is -1.48. The van der Waals surface area contributed by atoms with Crippen molar-refractivity contribution in [2.45, 2.75) is 19.4 Å². The highest BCUT2D eigenvalue weighted by Crippen LogP contribution is 2.20. The number of ether oxygens (including phenoxy) is 2. The van der Waals surface area contributed by atoms with Gasteiger partial charge in [-0.05, 0) is 44.2 Å². The molecule has 0 aliphatic carbocycles. The first-order valence-corrected chi connectivity index (χ1v) is 12.2. The zero-order chi connectivity index (χ0) is 27.5. The van der Waals surface area contributed by atoms with Gasteiger partial charge in [0.05, 0.1) is 0 Å². The number of alkyl halides is 3. The summed E-state index contributed by atoms with van der Waals surface area (Å²) in [7, 11) is -4.14. The molecule has 2 aromatic carbocycles. The SMILES string of the molecule is Cc1ccc(OCC#Cc2cccc(C#CCOc3ccc(C)cc3)[n+]2C)cc1.O=S(=O)([O-])C(F)(F)F. The predicted molar refractivity (Wildman–Crippen MR) is 130 cm³/mol. The van der Waals surface area contributed by atoms with E-state index < -0.39 is 15.6 Å². The minimum Gasteiger partial charge on any atom is -0.741 e. The van der Waals surface area contributed by atoms with Crippen LogP contribution >= 0.6 is 0 Å². The highest BCUT2D eigenvalue weighted by molar-refractivity contribution is 7.86. The van der Waals surface area contributed by atoms with Crippen LogP contribution in [-0.2, 0) is 17.2 Å². The molecule has 0 aliphatic rings. The number of pyridine rings is 1. The van der Waals surface area contributed by atoms with Crippen molar-refractivity contribution in [1.82, 2.24) is 0 Å². The van der Waals surface area contributed by atoms with E-state index in [1.165, 1.54) is 11.1 Å². The number of halogens is 3. The van der Waals surface area contributed by atoms with Crippen molar-refractivity contribution < 1.29 is 40.2 Å². The Labute approximate surface area is 214 Å². The van der Waals surface area contributed by atoms with Crippen LogP contribution in [0.25, 0.3) is 0 Å². The normalized spacial score (nSPS) is 10.6. The van der Waals surface area contributed by atoms with E-state index in [4.69, 9.17) is 22.4 Å². The minimum atomic E-state index is -6.09. The van der Waals surface area contributed by atoms with E-state index in [1.807, 2.05) is 92.2 Å². The third-order valence-electron chi connectivity index (χ3n) is 4.61. The summed E-state index contributed by atoms with van der Waals surface area (Å²) in [5.74, 6) is 14.1. The molecule has 3 aromatic rings. The number of hydrogen-bond donors (Lipinski definition) is 0. The molecule has 0 aliphatic heterocycles. The predicted octanol–water partition coefficient (Wildman–Crippen LogP) is 4.04. The number of aryl methyl sites for hydroxylation is 2. The van der Waals surface area contributed by atoms with E-state index in [9.17, 15) is 13.2 Å². The summed E-state index contributed by atoms with van der Waals surface area (Å²) in [4.78, 5) is 0. The lowest BCUT2D eigenvalue weighted by atomic mass is 10.2. The van der Waals surface area contributed by atoms with Gasteiger partial charge in [-0.3, -0.25) is 0 Å². The number of hydrogen-bond acceptors (Lipinski definition) is 5. The molecule has 0 saturated carbocycles. The van der Waals surface area contributed by atoms with E-state index in [-0.39, 0.29) is 0 Å². The van der Waals surface area contributed by atoms with Crippen LogP contribution in [0.15, 0.2) is 66.7 Å². The van der Waals surface area contributed by atoms with Crippen LogP contribution in [-0.4, -0.2) is 31.7 Å². The Morgan fingerprint density at radius 1 is 0.784 bits per heavy atom. The van der Waals surface area contributed by atoms with Gasteiger partial charge in [-0.2, -0.15) is 17.7 Å². The Morgan fingerprint density at radius 3 is 1.46 bits per heavy atom. The van der Waals surface area contributed by atoms with Crippen molar-refractivity contribution in [2.24, 2.45) is 7.05 Å². The molecule has 0 N–H and O–H groups in total. The average Bonchev–Trinajstić information content (AvgIpc) is 2.83. The smallest absolute Gasteiger partial charge is 0.485 e. The molecular weight excluding hydrogens is 507 g/mol. The molecule has 0 atom stereocenters. The molecule has 0 bridgehead atoms. The molecule has 37 heavy (non-hydrogen) atoms. The number of rotatable bonds is 4. The molecule has 1 aromatic heterocycles. The summed E-state index contributed by atoms with van der Waals surface area (Å²) >= 11 is 0. The van der Waals surface area contributed by atoms with Gasteiger partial charge in [-0.25, -0.2) is 8.42 Å². The van der Waals surface area contributed by atoms with Gasteiger partial charge in [0.15, 0.2) is 10.1 Å². The molecule has 1 heterocycles. The lowest BCUT2D eigenvalue weighted by molar-refractivity contribution is -0.676. The Balaban J connectivity index is 0.000000521. The second-order valence-corrected chi connectivity index (χ2v) is 8.93. The summed E-state index contributed by atoms with van der Waals surface area (Å²) in [6.07, 6.45) is 0. The van der Waals surface area contributed by atoms with E-state index in [0.717, 1.165) is 22.9 Å². The van der Waals surface area contributed by atoms with E-state index in [2.05, 4.69) is 23.7 Å². The first kappa shape index (κ1) is 29.2. The van der Waals surface area contributed by atoms with Gasteiger partial charge in [-0.1, -0.05) is 47.2 Å². The molecule has 0 spiro atoms. The maximum atomic E-state index is 10.7. The van der Waals surface area contributed by atoms with Crippen LogP contribution in [0.2, 0.25) is 0 Å². The highest BCUT2D eigenvalue weighted by atomic mass is 32.2. The van der Waals surface area contributed by atoms with Gasteiger partial charge in [0.25, 0.3) is 11.4 Å². The molecule has 0 unspecified atom stereocenters. The van der Waals surface area contributed by atoms with E-state index in [0.29, 0.717) is 13.2 Å². The summed E-state index contributed by atoms with van der Waals surface area (Å²) in [6.45, 7) is 4.77. The Hall–Kier alpha value is -3.99. The number of benzene rings is 2. The molecule has 10 heteroatoms. The zero-order valence-electron chi connectivity index (χ0n) is 20.3. The van der Waals surface area contributed by atoms with Crippen LogP contribution < -0.4 is 14.0 Å². The lowest BCUT2D eigenvalue weighted by Crippen LogP contribution is -2.36. The second kappa shape index (κ2) is 13.4. The molecular formula is C27H24F3NO5S. The van der Waals surface area contributed by atoms with Gasteiger partial charge in [-0.15, -0.1) is 0 Å². The molecule has 0 saturated heterocycles. The van der Waals surface area contributed by atoms with E-state index in [1.54, 1.807) is 0 Å². The van der Waals surface area contributed by atoms with Crippen LogP contribution in [0.5, 0.6) is 11.5 Å². The van der Waals surface area contributed by atoms with Crippen molar-refractivity contribution in [3.05, 3.63) is 89.2 Å². The van der Waals surface area contributed by atoms with Gasteiger partial charge in [0.1, 0.15) is 31.8 Å². The summed E-state index contributed by atoms with van der Waals surface area (Å²) < 4.78 is 72.2. The standard InChI is InChI=1S/C26H24NO2.CHF3O3S/c1-21-11-15-25(16-12-21)28-19-5-9-23-7-4-8-24(27(23)3)10-6-20-29-26-17-13-22(2)14-18-26;2-1(3,4)8(5,6)7/h4,7-8,11-18H,19-20H2,1-3H3;(H,5,6,7)/q+1;/p-1. The van der Waals surface area contributed by atoms with Gasteiger partial charge in [0, 0.05) is 24.0 Å². The van der Waals surface area contributed by atoms with Crippen LogP contribution in [0.3, 0.4) is 0 Å². The Morgan fingerprint density at radius 2 is 1.14 bits per heavy atom. The largest absolute Gasteiger partial charge is 0.741 e. The van der Waals surface area contributed by atoms with Crippen molar-refractivity contribution >= 4 is 10.1 Å². The van der Waals surface area contributed by atoms with Crippen LogP contribution in [0.1, 0.15) is 22.5 Å².